The number of hydrogen-bond acceptors (Lipinski definition) is 5. The Hall–Kier alpha value is -0.640. The van der Waals surface area contributed by atoms with Crippen LogP contribution < -0.4 is 9.46 Å². The van der Waals surface area contributed by atoms with E-state index in [1.807, 2.05) is 0 Å². The largest absolute Gasteiger partial charge is 0.496 e. The maximum atomic E-state index is 12.2. The maximum Gasteiger partial charge on any atom is 0.240 e. The van der Waals surface area contributed by atoms with Gasteiger partial charge >= 0.3 is 0 Å². The summed E-state index contributed by atoms with van der Waals surface area (Å²) < 4.78 is 55.0. The van der Waals surface area contributed by atoms with Crippen LogP contribution in [0.3, 0.4) is 0 Å². The summed E-state index contributed by atoms with van der Waals surface area (Å²) in [6, 6.07) is 3.80. The molecule has 1 saturated heterocycles. The Kier molecular flexibility index (Phi) is 4.43. The van der Waals surface area contributed by atoms with E-state index in [4.69, 9.17) is 4.74 Å². The monoisotopic (exact) mass is 383 g/mol. The van der Waals surface area contributed by atoms with E-state index in [1.54, 1.807) is 0 Å². The van der Waals surface area contributed by atoms with Gasteiger partial charge in [-0.05, 0) is 40.5 Å². The molecule has 1 aliphatic rings. The lowest BCUT2D eigenvalue weighted by atomic mass is 10.3. The van der Waals surface area contributed by atoms with Crippen molar-refractivity contribution in [3.63, 3.8) is 0 Å². The molecule has 0 bridgehead atoms. The number of sulfonamides is 1. The van der Waals surface area contributed by atoms with Crippen LogP contribution in [0.4, 0.5) is 0 Å². The number of benzene rings is 1. The van der Waals surface area contributed by atoms with Gasteiger partial charge in [0.1, 0.15) is 5.75 Å². The summed E-state index contributed by atoms with van der Waals surface area (Å²) in [5, 5.41) is 0. The number of nitrogens with one attached hydrogen (secondary N) is 1. The van der Waals surface area contributed by atoms with E-state index in [1.165, 1.54) is 25.3 Å². The van der Waals surface area contributed by atoms with Crippen LogP contribution in [0.2, 0.25) is 0 Å². The van der Waals surface area contributed by atoms with Gasteiger partial charge in [-0.1, -0.05) is 0 Å². The molecule has 0 radical (unpaired) electrons. The van der Waals surface area contributed by atoms with Gasteiger partial charge in [-0.2, -0.15) is 0 Å². The van der Waals surface area contributed by atoms with Gasteiger partial charge in [-0.25, -0.2) is 21.6 Å². The van der Waals surface area contributed by atoms with Gasteiger partial charge in [0.2, 0.25) is 10.0 Å². The highest BCUT2D eigenvalue weighted by atomic mass is 79.9. The van der Waals surface area contributed by atoms with Crippen molar-refractivity contribution in [2.75, 3.05) is 18.6 Å². The molecule has 0 amide bonds. The van der Waals surface area contributed by atoms with Gasteiger partial charge in [0.05, 0.1) is 28.0 Å². The number of sulfone groups is 1. The first-order chi connectivity index (χ1) is 9.23. The van der Waals surface area contributed by atoms with Crippen molar-refractivity contribution in [3.05, 3.63) is 22.7 Å². The lowest BCUT2D eigenvalue weighted by Gasteiger charge is -2.12. The zero-order chi connectivity index (χ0) is 15.0. The number of hydrogen-bond donors (Lipinski definition) is 1. The minimum absolute atomic E-state index is 0.0203. The molecule has 1 aliphatic heterocycles. The third-order valence-corrected chi connectivity index (χ3v) is 6.89. The Labute approximate surface area is 126 Å². The number of halogens is 1. The standard InChI is InChI=1S/C11H14BrNO5S2/c1-18-11-3-2-9(6-10(11)12)20(16,17)13-8-4-5-19(14,15)7-8/h2-3,6,8,13H,4-5,7H2,1H3/t8-/m1/s1. The number of rotatable bonds is 4. The summed E-state index contributed by atoms with van der Waals surface area (Å²) in [7, 11) is -5.38. The molecule has 1 aromatic carbocycles. The van der Waals surface area contributed by atoms with E-state index in [9.17, 15) is 16.8 Å². The molecule has 1 fully saturated rings. The lowest BCUT2D eigenvalue weighted by molar-refractivity contribution is 0.411. The molecule has 0 aromatic heterocycles. The van der Waals surface area contributed by atoms with Crippen molar-refractivity contribution in [1.82, 2.24) is 4.72 Å². The Morgan fingerprint density at radius 2 is 2.10 bits per heavy atom. The maximum absolute atomic E-state index is 12.2. The third kappa shape index (κ3) is 3.51. The average Bonchev–Trinajstić information content (AvgIpc) is 2.67. The van der Waals surface area contributed by atoms with E-state index in [0.717, 1.165) is 0 Å². The van der Waals surface area contributed by atoms with Gasteiger partial charge in [0.25, 0.3) is 0 Å². The smallest absolute Gasteiger partial charge is 0.240 e. The van der Waals surface area contributed by atoms with Gasteiger partial charge in [0, 0.05) is 6.04 Å². The summed E-state index contributed by atoms with van der Waals surface area (Å²) in [5.41, 5.74) is 0. The Morgan fingerprint density at radius 3 is 2.60 bits per heavy atom. The molecule has 0 aliphatic carbocycles. The average molecular weight is 384 g/mol. The molecule has 9 heteroatoms. The van der Waals surface area contributed by atoms with Crippen molar-refractivity contribution < 1.29 is 21.6 Å². The molecule has 0 unspecified atom stereocenters. The first kappa shape index (κ1) is 15.7. The zero-order valence-electron chi connectivity index (χ0n) is 10.7. The highest BCUT2D eigenvalue weighted by molar-refractivity contribution is 9.10. The SMILES string of the molecule is COc1ccc(S(=O)(=O)N[C@@H]2CCS(=O)(=O)C2)cc1Br. The Bertz CT molecular complexity index is 714. The normalized spacial score (nSPS) is 21.8. The highest BCUT2D eigenvalue weighted by Crippen LogP contribution is 2.27. The molecule has 20 heavy (non-hydrogen) atoms. The molecule has 1 atom stereocenters. The van der Waals surface area contributed by atoms with Crippen molar-refractivity contribution in [2.45, 2.75) is 17.4 Å². The Balaban J connectivity index is 2.21. The topological polar surface area (TPSA) is 89.5 Å². The molecule has 112 valence electrons. The predicted molar refractivity (Wildman–Crippen MR) is 78.1 cm³/mol. The summed E-state index contributed by atoms with van der Waals surface area (Å²) in [6.45, 7) is 0. The number of ether oxygens (including phenoxy) is 1. The van der Waals surface area contributed by atoms with Crippen LogP contribution in [0, 0.1) is 0 Å². The van der Waals surface area contributed by atoms with E-state index in [2.05, 4.69) is 20.7 Å². The van der Waals surface area contributed by atoms with E-state index in [-0.39, 0.29) is 16.4 Å². The van der Waals surface area contributed by atoms with Crippen LogP contribution in [0.25, 0.3) is 0 Å². The van der Waals surface area contributed by atoms with Crippen LogP contribution in [0.1, 0.15) is 6.42 Å². The summed E-state index contributed by atoms with van der Waals surface area (Å²) >= 11 is 3.22. The first-order valence-electron chi connectivity index (χ1n) is 5.80. The second kappa shape index (κ2) is 5.63. The van der Waals surface area contributed by atoms with Gasteiger partial charge < -0.3 is 4.74 Å². The molecule has 0 saturated carbocycles. The van der Waals surface area contributed by atoms with Crippen LogP contribution >= 0.6 is 15.9 Å². The van der Waals surface area contributed by atoms with Crippen LogP contribution in [-0.2, 0) is 19.9 Å². The molecule has 0 spiro atoms. The molecular formula is C11H14BrNO5S2. The van der Waals surface area contributed by atoms with Gasteiger partial charge in [0.15, 0.2) is 9.84 Å². The molecule has 2 rings (SSSR count). The molecule has 1 heterocycles. The second-order valence-corrected chi connectivity index (χ2v) is 9.31. The van der Waals surface area contributed by atoms with Gasteiger partial charge in [-0.3, -0.25) is 0 Å². The molecule has 1 N–H and O–H groups in total. The lowest BCUT2D eigenvalue weighted by Crippen LogP contribution is -2.35. The molecule has 1 aromatic rings. The number of methoxy groups -OCH3 is 1. The third-order valence-electron chi connectivity index (χ3n) is 2.99. The van der Waals surface area contributed by atoms with Crippen molar-refractivity contribution >= 4 is 35.8 Å². The first-order valence-corrected chi connectivity index (χ1v) is 9.89. The predicted octanol–water partition coefficient (Wildman–Crippen LogP) is 0.923. The fourth-order valence-corrected chi connectivity index (χ4v) is 5.76. The zero-order valence-corrected chi connectivity index (χ0v) is 13.9. The summed E-state index contributed by atoms with van der Waals surface area (Å²) in [5.74, 6) is 0.392. The molecule has 6 nitrogen and oxygen atoms in total. The minimum atomic E-state index is -3.74. The second-order valence-electron chi connectivity index (χ2n) is 4.52. The minimum Gasteiger partial charge on any atom is -0.496 e. The molecular weight excluding hydrogens is 370 g/mol. The fourth-order valence-electron chi connectivity index (χ4n) is 1.99. The quantitative estimate of drug-likeness (QED) is 0.834. The Morgan fingerprint density at radius 1 is 1.40 bits per heavy atom. The van der Waals surface area contributed by atoms with E-state index >= 15 is 0 Å². The van der Waals surface area contributed by atoms with E-state index < -0.39 is 25.9 Å². The van der Waals surface area contributed by atoms with Crippen molar-refractivity contribution in [2.24, 2.45) is 0 Å². The van der Waals surface area contributed by atoms with Crippen LogP contribution in [0.5, 0.6) is 5.75 Å². The van der Waals surface area contributed by atoms with Crippen LogP contribution in [0.15, 0.2) is 27.6 Å². The van der Waals surface area contributed by atoms with Crippen molar-refractivity contribution in [1.29, 1.82) is 0 Å². The summed E-state index contributed by atoms with van der Waals surface area (Å²) in [6.07, 6.45) is 0.304. The van der Waals surface area contributed by atoms with Crippen molar-refractivity contribution in [3.8, 4) is 5.75 Å². The fraction of sp³-hybridized carbons (Fsp3) is 0.455. The van der Waals surface area contributed by atoms with Gasteiger partial charge in [-0.15, -0.1) is 0 Å². The summed E-state index contributed by atoms with van der Waals surface area (Å²) in [4.78, 5) is 0.0643. The van der Waals surface area contributed by atoms with E-state index in [0.29, 0.717) is 16.6 Å². The highest BCUT2D eigenvalue weighted by Gasteiger charge is 2.31. The van der Waals surface area contributed by atoms with Crippen LogP contribution in [-0.4, -0.2) is 41.5 Å².